The van der Waals surface area contributed by atoms with Crippen molar-refractivity contribution in [2.24, 2.45) is 17.8 Å². The summed E-state index contributed by atoms with van der Waals surface area (Å²) in [6.45, 7) is 13.5. The minimum Gasteiger partial charge on any atom is -0.396 e. The number of likely N-dealkylation sites (N-methyl/N-ethyl adjacent to an activating group) is 1. The van der Waals surface area contributed by atoms with Gasteiger partial charge in [0.25, 0.3) is 0 Å². The van der Waals surface area contributed by atoms with E-state index in [1.807, 2.05) is 4.90 Å². The highest BCUT2D eigenvalue weighted by Gasteiger charge is 2.76. The van der Waals surface area contributed by atoms with Gasteiger partial charge in [-0.1, -0.05) is 32.4 Å². The van der Waals surface area contributed by atoms with Crippen molar-refractivity contribution in [3.05, 3.63) is 25.3 Å². The second-order valence-electron chi connectivity index (χ2n) is 9.60. The molecule has 0 aliphatic carbocycles. The molecule has 3 amide bonds. The van der Waals surface area contributed by atoms with E-state index in [0.29, 0.717) is 32.6 Å². The van der Waals surface area contributed by atoms with Gasteiger partial charge in [-0.3, -0.25) is 14.4 Å². The van der Waals surface area contributed by atoms with Crippen molar-refractivity contribution in [2.45, 2.75) is 55.6 Å². The van der Waals surface area contributed by atoms with E-state index in [4.69, 9.17) is 0 Å². The van der Waals surface area contributed by atoms with Gasteiger partial charge in [-0.2, -0.15) is 0 Å². The average molecular weight is 478 g/mol. The highest BCUT2D eigenvalue weighted by Crippen LogP contribution is 2.68. The van der Waals surface area contributed by atoms with Crippen LogP contribution < -0.4 is 0 Å². The first-order valence-electron chi connectivity index (χ1n) is 12.1. The molecule has 3 fully saturated rings. The second kappa shape index (κ2) is 10.6. The van der Waals surface area contributed by atoms with Crippen LogP contribution >= 0.6 is 11.8 Å². The molecule has 1 spiro atoms. The lowest BCUT2D eigenvalue weighted by Gasteiger charge is -2.41. The molecule has 0 radical (unpaired) electrons. The van der Waals surface area contributed by atoms with Crippen LogP contribution in [0.1, 0.15) is 39.5 Å². The lowest BCUT2D eigenvalue weighted by molar-refractivity contribution is -0.144. The molecular weight excluding hydrogens is 438 g/mol. The maximum Gasteiger partial charge on any atom is 0.247 e. The number of aliphatic hydroxyl groups is 1. The molecule has 7 nitrogen and oxygen atoms in total. The molecule has 3 aliphatic heterocycles. The third kappa shape index (κ3) is 4.25. The van der Waals surface area contributed by atoms with Gasteiger partial charge in [0.1, 0.15) is 6.04 Å². The van der Waals surface area contributed by atoms with Crippen LogP contribution in [0.3, 0.4) is 0 Å². The number of carbonyl (C=O) groups is 3. The first-order valence-corrected chi connectivity index (χ1v) is 13.0. The zero-order chi connectivity index (χ0) is 24.3. The Morgan fingerprint density at radius 3 is 2.55 bits per heavy atom. The number of nitrogens with zero attached hydrogens (tertiary/aromatic N) is 3. The second-order valence-corrected chi connectivity index (χ2v) is 11.1. The van der Waals surface area contributed by atoms with E-state index in [1.165, 1.54) is 0 Å². The Labute approximate surface area is 202 Å². The van der Waals surface area contributed by atoms with Crippen molar-refractivity contribution in [3.8, 4) is 0 Å². The molecule has 184 valence electrons. The Hall–Kier alpha value is -1.80. The summed E-state index contributed by atoms with van der Waals surface area (Å²) >= 11 is 1.69. The fraction of sp³-hybridized carbons (Fsp3) is 0.720. The van der Waals surface area contributed by atoms with Gasteiger partial charge in [-0.05, 0) is 25.2 Å². The van der Waals surface area contributed by atoms with Crippen molar-refractivity contribution in [1.82, 2.24) is 14.7 Å². The van der Waals surface area contributed by atoms with Crippen molar-refractivity contribution in [2.75, 3.05) is 39.8 Å². The summed E-state index contributed by atoms with van der Waals surface area (Å²) in [4.78, 5) is 46.5. The Morgan fingerprint density at radius 1 is 1.24 bits per heavy atom. The molecule has 3 aliphatic rings. The maximum atomic E-state index is 14.0. The fourth-order valence-corrected chi connectivity index (χ4v) is 8.48. The number of aliphatic hydroxyl groups excluding tert-OH is 1. The highest BCUT2D eigenvalue weighted by molar-refractivity contribution is 8.02. The minimum atomic E-state index is -0.620. The molecule has 6 atom stereocenters. The molecule has 3 rings (SSSR count). The van der Waals surface area contributed by atoms with Gasteiger partial charge in [-0.25, -0.2) is 0 Å². The van der Waals surface area contributed by atoms with E-state index in [1.54, 1.807) is 40.8 Å². The molecule has 2 bridgehead atoms. The molecule has 3 saturated heterocycles. The van der Waals surface area contributed by atoms with Crippen LogP contribution in [0.15, 0.2) is 25.3 Å². The number of fused-ring (bicyclic) bond motifs is 1. The third-order valence-electron chi connectivity index (χ3n) is 7.54. The fourth-order valence-electron chi connectivity index (χ4n) is 6.07. The highest BCUT2D eigenvalue weighted by atomic mass is 32.2. The van der Waals surface area contributed by atoms with E-state index >= 15 is 0 Å². The largest absolute Gasteiger partial charge is 0.396 e. The first-order chi connectivity index (χ1) is 15.8. The molecule has 0 aromatic rings. The first kappa shape index (κ1) is 25.8. The van der Waals surface area contributed by atoms with Crippen LogP contribution in [-0.2, 0) is 14.4 Å². The quantitative estimate of drug-likeness (QED) is 0.436. The molecule has 0 aromatic heterocycles. The summed E-state index contributed by atoms with van der Waals surface area (Å²) in [7, 11) is 1.75. The van der Waals surface area contributed by atoms with Crippen LogP contribution in [0, 0.1) is 17.8 Å². The van der Waals surface area contributed by atoms with Crippen molar-refractivity contribution in [3.63, 3.8) is 0 Å². The smallest absolute Gasteiger partial charge is 0.247 e. The summed E-state index contributed by atoms with van der Waals surface area (Å²) in [5.41, 5.74) is 0. The monoisotopic (exact) mass is 477 g/mol. The Morgan fingerprint density at radius 2 is 1.94 bits per heavy atom. The number of amides is 3. The molecule has 0 aromatic carbocycles. The van der Waals surface area contributed by atoms with Gasteiger partial charge in [0.05, 0.1) is 16.6 Å². The normalized spacial score (nSPS) is 32.1. The molecule has 3 heterocycles. The number of carbonyl (C=O) groups excluding carboxylic acids is 3. The van der Waals surface area contributed by atoms with Gasteiger partial charge < -0.3 is 19.8 Å². The lowest BCUT2D eigenvalue weighted by Crippen LogP contribution is -2.57. The Kier molecular flexibility index (Phi) is 8.32. The SMILES string of the molecule is C=CCN(C)C(=O)[C@@H]1[C@@H]2CC(C)C3(S2)C(C(=O)N(CC=C)CCCC)N(CCCO)C(=O)[C@H]13. The maximum absolute atomic E-state index is 14.0. The third-order valence-corrected chi connectivity index (χ3v) is 9.62. The number of rotatable bonds is 12. The standard InChI is InChI=1S/C25H39N3O4S/c1-6-9-13-27(12-8-3)24(32)21-25-17(4)16-18(33-25)19(22(30)26(5)11-7-2)20(25)23(31)28(21)14-10-15-29/h7-8,17-21,29H,2-3,6,9-16H2,1,4-5H3/t17?,18-,19+,20-,21?,25?/m0/s1. The predicted octanol–water partition coefficient (Wildman–Crippen LogP) is 2.17. The molecule has 33 heavy (non-hydrogen) atoms. The van der Waals surface area contributed by atoms with Crippen molar-refractivity contribution in [1.29, 1.82) is 0 Å². The van der Waals surface area contributed by atoms with E-state index in [-0.39, 0.29) is 35.5 Å². The van der Waals surface area contributed by atoms with Gasteiger partial charge in [-0.15, -0.1) is 24.9 Å². The topological polar surface area (TPSA) is 81.2 Å². The van der Waals surface area contributed by atoms with Gasteiger partial charge >= 0.3 is 0 Å². The zero-order valence-electron chi connectivity index (χ0n) is 20.2. The van der Waals surface area contributed by atoms with Crippen LogP contribution in [0.25, 0.3) is 0 Å². The van der Waals surface area contributed by atoms with Gasteiger partial charge in [0.15, 0.2) is 0 Å². The Bertz CT molecular complexity index is 790. The molecular formula is C25H39N3O4S. The van der Waals surface area contributed by atoms with Crippen molar-refractivity contribution >= 4 is 29.5 Å². The van der Waals surface area contributed by atoms with Crippen molar-refractivity contribution < 1.29 is 19.5 Å². The van der Waals surface area contributed by atoms with Gasteiger partial charge in [0, 0.05) is 45.1 Å². The summed E-state index contributed by atoms with van der Waals surface area (Å²) in [6, 6.07) is -0.620. The van der Waals surface area contributed by atoms with Crippen LogP contribution in [-0.4, -0.2) is 93.4 Å². The summed E-state index contributed by atoms with van der Waals surface area (Å²) in [5, 5.41) is 9.52. The van der Waals surface area contributed by atoms with E-state index in [9.17, 15) is 19.5 Å². The predicted molar refractivity (Wildman–Crippen MR) is 132 cm³/mol. The van der Waals surface area contributed by atoms with E-state index < -0.39 is 22.6 Å². The molecule has 3 unspecified atom stereocenters. The molecule has 8 heteroatoms. The summed E-state index contributed by atoms with van der Waals surface area (Å²) in [6.07, 6.45) is 6.50. The van der Waals surface area contributed by atoms with E-state index in [0.717, 1.165) is 19.3 Å². The summed E-state index contributed by atoms with van der Waals surface area (Å²) < 4.78 is -0.616. The zero-order valence-corrected chi connectivity index (χ0v) is 21.1. The molecule has 0 saturated carbocycles. The Balaban J connectivity index is 2.04. The molecule has 1 N–H and O–H groups in total. The number of unbranched alkanes of at least 4 members (excludes halogenated alkanes) is 1. The van der Waals surface area contributed by atoms with Crippen LogP contribution in [0.5, 0.6) is 0 Å². The van der Waals surface area contributed by atoms with Crippen LogP contribution in [0.4, 0.5) is 0 Å². The minimum absolute atomic E-state index is 0.0347. The number of hydrogen-bond acceptors (Lipinski definition) is 5. The number of hydrogen-bond donors (Lipinski definition) is 1. The van der Waals surface area contributed by atoms with Gasteiger partial charge in [0.2, 0.25) is 17.7 Å². The average Bonchev–Trinajstić information content (AvgIpc) is 3.38. The van der Waals surface area contributed by atoms with E-state index in [2.05, 4.69) is 27.0 Å². The lowest BCUT2D eigenvalue weighted by atomic mass is 9.65. The number of thioether (sulfide) groups is 1. The van der Waals surface area contributed by atoms with Crippen LogP contribution in [0.2, 0.25) is 0 Å². The summed E-state index contributed by atoms with van der Waals surface area (Å²) in [5.74, 6) is -1.00. The number of likely N-dealkylation sites (tertiary alicyclic amines) is 1.